The first kappa shape index (κ1) is 16.4. The Hall–Kier alpha value is -0.950. The fourth-order valence-corrected chi connectivity index (χ4v) is 3.73. The van der Waals surface area contributed by atoms with Gasteiger partial charge in [-0.05, 0) is 28.1 Å². The summed E-state index contributed by atoms with van der Waals surface area (Å²) >= 11 is 11.0. The van der Waals surface area contributed by atoms with Gasteiger partial charge in [0.15, 0.2) is 11.5 Å². The first-order valence-electron chi connectivity index (χ1n) is 6.02. The standard InChI is InChI=1S/C14H15BrClNO3S/c1-18-9-6-11(20-3)10(19-2)4-7(9)13(17)12-5-8(16)14(15)21-12/h4-6,13H,17H2,1-3H3. The minimum absolute atomic E-state index is 0.367. The van der Waals surface area contributed by atoms with E-state index in [1.165, 1.54) is 11.3 Å². The first-order valence-corrected chi connectivity index (χ1v) is 8.00. The van der Waals surface area contributed by atoms with E-state index >= 15 is 0 Å². The first-order chi connectivity index (χ1) is 10.0. The van der Waals surface area contributed by atoms with Crippen LogP contribution in [0, 0.1) is 0 Å². The topological polar surface area (TPSA) is 53.7 Å². The number of benzene rings is 1. The Morgan fingerprint density at radius 3 is 2.10 bits per heavy atom. The summed E-state index contributed by atoms with van der Waals surface area (Å²) in [6, 6.07) is 5.06. The number of ether oxygens (including phenoxy) is 3. The van der Waals surface area contributed by atoms with Crippen molar-refractivity contribution in [1.82, 2.24) is 0 Å². The van der Waals surface area contributed by atoms with Crippen LogP contribution in [-0.2, 0) is 0 Å². The van der Waals surface area contributed by atoms with E-state index in [-0.39, 0.29) is 6.04 Å². The van der Waals surface area contributed by atoms with Gasteiger partial charge < -0.3 is 19.9 Å². The van der Waals surface area contributed by atoms with Crippen LogP contribution in [0.4, 0.5) is 0 Å². The molecule has 0 aliphatic carbocycles. The highest BCUT2D eigenvalue weighted by Crippen LogP contribution is 2.42. The lowest BCUT2D eigenvalue weighted by atomic mass is 10.0. The Balaban J connectivity index is 2.50. The van der Waals surface area contributed by atoms with Gasteiger partial charge in [0.25, 0.3) is 0 Å². The highest BCUT2D eigenvalue weighted by Gasteiger charge is 2.21. The Kier molecular flexibility index (Phi) is 5.37. The highest BCUT2D eigenvalue weighted by molar-refractivity contribution is 9.11. The molecular weight excluding hydrogens is 378 g/mol. The molecule has 21 heavy (non-hydrogen) atoms. The lowest BCUT2D eigenvalue weighted by molar-refractivity contribution is 0.347. The molecule has 1 aromatic heterocycles. The van der Waals surface area contributed by atoms with Gasteiger partial charge in [-0.1, -0.05) is 11.6 Å². The molecule has 7 heteroatoms. The minimum Gasteiger partial charge on any atom is -0.496 e. The SMILES string of the molecule is COc1cc(OC)c(C(N)c2cc(Cl)c(Br)s2)cc1OC. The van der Waals surface area contributed by atoms with Crippen molar-refractivity contribution >= 4 is 38.9 Å². The molecule has 0 aliphatic rings. The molecule has 0 fully saturated rings. The number of hydrogen-bond donors (Lipinski definition) is 1. The van der Waals surface area contributed by atoms with Crippen LogP contribution in [0.2, 0.25) is 5.02 Å². The molecule has 2 rings (SSSR count). The van der Waals surface area contributed by atoms with Crippen LogP contribution in [0.25, 0.3) is 0 Å². The van der Waals surface area contributed by atoms with Crippen molar-refractivity contribution in [3.63, 3.8) is 0 Å². The van der Waals surface area contributed by atoms with Crippen LogP contribution < -0.4 is 19.9 Å². The van der Waals surface area contributed by atoms with E-state index in [9.17, 15) is 0 Å². The highest BCUT2D eigenvalue weighted by atomic mass is 79.9. The summed E-state index contributed by atoms with van der Waals surface area (Å²) in [5.41, 5.74) is 7.15. The number of thiophene rings is 1. The van der Waals surface area contributed by atoms with E-state index in [4.69, 9.17) is 31.5 Å². The van der Waals surface area contributed by atoms with Crippen molar-refractivity contribution in [2.24, 2.45) is 5.73 Å². The average Bonchev–Trinajstić information content (AvgIpc) is 2.84. The van der Waals surface area contributed by atoms with Gasteiger partial charge in [-0.3, -0.25) is 0 Å². The number of methoxy groups -OCH3 is 3. The Labute approximate surface area is 140 Å². The van der Waals surface area contributed by atoms with E-state index in [0.717, 1.165) is 14.2 Å². The molecule has 0 spiro atoms. The monoisotopic (exact) mass is 391 g/mol. The van der Waals surface area contributed by atoms with Gasteiger partial charge in [-0.2, -0.15) is 0 Å². The Morgan fingerprint density at radius 1 is 1.05 bits per heavy atom. The minimum atomic E-state index is -0.367. The number of rotatable bonds is 5. The number of hydrogen-bond acceptors (Lipinski definition) is 5. The predicted octanol–water partition coefficient (Wildman–Crippen LogP) is 4.24. The summed E-state index contributed by atoms with van der Waals surface area (Å²) < 4.78 is 16.9. The van der Waals surface area contributed by atoms with Gasteiger partial charge >= 0.3 is 0 Å². The van der Waals surface area contributed by atoms with Crippen LogP contribution in [0.1, 0.15) is 16.5 Å². The molecule has 0 radical (unpaired) electrons. The van der Waals surface area contributed by atoms with E-state index in [2.05, 4.69) is 15.9 Å². The lowest BCUT2D eigenvalue weighted by Gasteiger charge is -2.17. The molecular formula is C14H15BrClNO3S. The molecule has 0 saturated heterocycles. The quantitative estimate of drug-likeness (QED) is 0.827. The molecule has 1 heterocycles. The van der Waals surface area contributed by atoms with Crippen LogP contribution >= 0.6 is 38.9 Å². The molecule has 0 saturated carbocycles. The van der Waals surface area contributed by atoms with Gasteiger partial charge in [-0.15, -0.1) is 11.3 Å². The molecule has 114 valence electrons. The molecule has 1 unspecified atom stereocenters. The molecule has 1 atom stereocenters. The summed E-state index contributed by atoms with van der Waals surface area (Å²) in [5, 5.41) is 0.643. The van der Waals surface area contributed by atoms with E-state index in [1.807, 2.05) is 12.1 Å². The predicted molar refractivity (Wildman–Crippen MR) is 89.2 cm³/mol. The summed E-state index contributed by atoms with van der Waals surface area (Å²) in [4.78, 5) is 0.928. The molecule has 2 aromatic rings. The number of nitrogens with two attached hydrogens (primary N) is 1. The third-order valence-corrected chi connectivity index (χ3v) is 5.60. The summed E-state index contributed by atoms with van der Waals surface area (Å²) in [6.45, 7) is 0. The molecule has 0 aliphatic heterocycles. The van der Waals surface area contributed by atoms with E-state index < -0.39 is 0 Å². The maximum absolute atomic E-state index is 6.34. The maximum Gasteiger partial charge on any atom is 0.164 e. The normalized spacial score (nSPS) is 12.1. The van der Waals surface area contributed by atoms with Crippen LogP contribution in [0.5, 0.6) is 17.2 Å². The van der Waals surface area contributed by atoms with E-state index in [0.29, 0.717) is 22.3 Å². The maximum atomic E-state index is 6.34. The van der Waals surface area contributed by atoms with Crippen molar-refractivity contribution in [3.8, 4) is 17.2 Å². The molecule has 2 N–H and O–H groups in total. The van der Waals surface area contributed by atoms with Crippen molar-refractivity contribution in [1.29, 1.82) is 0 Å². The van der Waals surface area contributed by atoms with Crippen LogP contribution in [0.15, 0.2) is 22.0 Å². The molecule has 1 aromatic carbocycles. The summed E-state index contributed by atoms with van der Waals surface area (Å²) in [5.74, 6) is 1.84. The summed E-state index contributed by atoms with van der Waals surface area (Å²) in [6.07, 6.45) is 0. The smallest absolute Gasteiger partial charge is 0.164 e. The fraction of sp³-hybridized carbons (Fsp3) is 0.286. The van der Waals surface area contributed by atoms with Gasteiger partial charge in [0.05, 0.1) is 36.2 Å². The molecule has 0 amide bonds. The lowest BCUT2D eigenvalue weighted by Crippen LogP contribution is -2.12. The Bertz CT molecular complexity index is 628. The Morgan fingerprint density at radius 2 is 1.62 bits per heavy atom. The average molecular weight is 393 g/mol. The van der Waals surface area contributed by atoms with Gasteiger partial charge in [-0.25, -0.2) is 0 Å². The molecule has 0 bridgehead atoms. The third-order valence-electron chi connectivity index (χ3n) is 3.04. The zero-order valence-electron chi connectivity index (χ0n) is 11.8. The van der Waals surface area contributed by atoms with Gasteiger partial charge in [0, 0.05) is 16.5 Å². The second-order valence-electron chi connectivity index (χ2n) is 4.20. The van der Waals surface area contributed by atoms with Crippen molar-refractivity contribution in [2.45, 2.75) is 6.04 Å². The largest absolute Gasteiger partial charge is 0.496 e. The second-order valence-corrected chi connectivity index (χ2v) is 7.01. The second kappa shape index (κ2) is 6.87. The third kappa shape index (κ3) is 3.29. The fourth-order valence-electron chi connectivity index (χ4n) is 1.97. The molecule has 4 nitrogen and oxygen atoms in total. The number of halogens is 2. The zero-order valence-corrected chi connectivity index (χ0v) is 14.9. The van der Waals surface area contributed by atoms with Gasteiger partial charge in [0.2, 0.25) is 0 Å². The van der Waals surface area contributed by atoms with Crippen molar-refractivity contribution in [2.75, 3.05) is 21.3 Å². The zero-order chi connectivity index (χ0) is 15.6. The van der Waals surface area contributed by atoms with Crippen molar-refractivity contribution < 1.29 is 14.2 Å². The summed E-state index contributed by atoms with van der Waals surface area (Å²) in [7, 11) is 4.75. The van der Waals surface area contributed by atoms with Crippen LogP contribution in [0.3, 0.4) is 0 Å². The van der Waals surface area contributed by atoms with Crippen molar-refractivity contribution in [3.05, 3.63) is 37.4 Å². The van der Waals surface area contributed by atoms with Crippen LogP contribution in [-0.4, -0.2) is 21.3 Å². The van der Waals surface area contributed by atoms with Gasteiger partial charge in [0.1, 0.15) is 5.75 Å². The van der Waals surface area contributed by atoms with E-state index in [1.54, 1.807) is 27.4 Å².